The zero-order chi connectivity index (χ0) is 15.7. The predicted molar refractivity (Wildman–Crippen MR) is 81.3 cm³/mol. The first-order valence-corrected chi connectivity index (χ1v) is 7.80. The minimum atomic E-state index is -0.150. The highest BCUT2D eigenvalue weighted by Gasteiger charge is 2.43. The van der Waals surface area contributed by atoms with Crippen LogP contribution < -0.4 is 5.32 Å². The van der Waals surface area contributed by atoms with E-state index in [1.165, 1.54) is 4.90 Å². The van der Waals surface area contributed by atoms with Crippen molar-refractivity contribution in [2.75, 3.05) is 13.1 Å². The second kappa shape index (κ2) is 6.08. The Morgan fingerprint density at radius 3 is 2.68 bits per heavy atom. The van der Waals surface area contributed by atoms with Crippen molar-refractivity contribution in [3.8, 4) is 0 Å². The smallest absolute Gasteiger partial charge is 0.229 e. The van der Waals surface area contributed by atoms with Crippen molar-refractivity contribution in [1.82, 2.24) is 10.2 Å². The molecule has 1 aromatic carbocycles. The fraction of sp³-hybridized carbons (Fsp3) is 0.438. The number of hydrogen-bond donors (Lipinski definition) is 1. The molecule has 3 amide bonds. The minimum Gasteiger partial charge on any atom is -0.354 e. The molecule has 1 aliphatic carbocycles. The molecule has 0 bridgehead atoms. The average Bonchev–Trinajstić information content (AvgIpc) is 3.23. The van der Waals surface area contributed by atoms with E-state index in [2.05, 4.69) is 5.32 Å². The summed E-state index contributed by atoms with van der Waals surface area (Å²) < 4.78 is 0. The molecule has 1 heterocycles. The summed E-state index contributed by atoms with van der Waals surface area (Å²) in [5.74, 6) is -0.147. The Balaban J connectivity index is 1.46. The van der Waals surface area contributed by atoms with E-state index >= 15 is 0 Å². The van der Waals surface area contributed by atoms with Gasteiger partial charge in [-0.2, -0.15) is 0 Å². The van der Waals surface area contributed by atoms with E-state index in [4.69, 9.17) is 11.6 Å². The van der Waals surface area contributed by atoms with Crippen molar-refractivity contribution >= 4 is 29.3 Å². The number of likely N-dealkylation sites (tertiary alicyclic amines) is 1. The molecule has 22 heavy (non-hydrogen) atoms. The first-order chi connectivity index (χ1) is 10.6. The average molecular weight is 321 g/mol. The molecule has 1 aliphatic heterocycles. The number of rotatable bonds is 5. The second-order valence-electron chi connectivity index (χ2n) is 5.73. The first kappa shape index (κ1) is 15.0. The molecule has 2 fully saturated rings. The van der Waals surface area contributed by atoms with Gasteiger partial charge in [0.1, 0.15) is 0 Å². The lowest BCUT2D eigenvalue weighted by atomic mass is 10.1. The fourth-order valence-electron chi connectivity index (χ4n) is 2.88. The number of hydrogen-bond acceptors (Lipinski definition) is 3. The van der Waals surface area contributed by atoms with E-state index in [9.17, 15) is 14.4 Å². The Bertz CT molecular complexity index is 616. The standard InChI is InChI=1S/C16H17ClN2O3/c17-11-3-1-2-10(8-11)12-9-13(12)16(22)18-6-7-19-14(20)4-5-15(19)21/h1-3,8,12-13H,4-7,9H2,(H,18,22). The lowest BCUT2D eigenvalue weighted by Crippen LogP contribution is -2.38. The van der Waals surface area contributed by atoms with Gasteiger partial charge in [0.25, 0.3) is 0 Å². The van der Waals surface area contributed by atoms with E-state index < -0.39 is 0 Å². The van der Waals surface area contributed by atoms with Crippen molar-refractivity contribution in [2.45, 2.75) is 25.2 Å². The molecule has 2 aliphatic rings. The van der Waals surface area contributed by atoms with Crippen LogP contribution in [-0.2, 0) is 14.4 Å². The molecule has 5 nitrogen and oxygen atoms in total. The second-order valence-corrected chi connectivity index (χ2v) is 6.17. The molecule has 1 N–H and O–H groups in total. The maximum absolute atomic E-state index is 12.1. The van der Waals surface area contributed by atoms with Gasteiger partial charge in [0.15, 0.2) is 0 Å². The van der Waals surface area contributed by atoms with Gasteiger partial charge < -0.3 is 5.32 Å². The van der Waals surface area contributed by atoms with Crippen molar-refractivity contribution < 1.29 is 14.4 Å². The Kier molecular flexibility index (Phi) is 4.16. The Labute approximate surface area is 133 Å². The molecule has 0 radical (unpaired) electrons. The predicted octanol–water partition coefficient (Wildman–Crippen LogP) is 1.71. The maximum atomic E-state index is 12.1. The van der Waals surface area contributed by atoms with Gasteiger partial charge in [-0.1, -0.05) is 23.7 Å². The van der Waals surface area contributed by atoms with Crippen LogP contribution in [0.4, 0.5) is 0 Å². The van der Waals surface area contributed by atoms with Gasteiger partial charge in [-0.3, -0.25) is 19.3 Å². The summed E-state index contributed by atoms with van der Waals surface area (Å²) in [5.41, 5.74) is 1.08. The summed E-state index contributed by atoms with van der Waals surface area (Å²) in [6.45, 7) is 0.576. The minimum absolute atomic E-state index is 0.0240. The van der Waals surface area contributed by atoms with E-state index in [1.54, 1.807) is 0 Å². The van der Waals surface area contributed by atoms with Gasteiger partial charge in [0.05, 0.1) is 0 Å². The van der Waals surface area contributed by atoms with Crippen molar-refractivity contribution in [2.24, 2.45) is 5.92 Å². The largest absolute Gasteiger partial charge is 0.354 e. The Morgan fingerprint density at radius 1 is 1.27 bits per heavy atom. The molecule has 0 aromatic heterocycles. The molecule has 1 saturated heterocycles. The number of benzene rings is 1. The molecule has 1 saturated carbocycles. The SMILES string of the molecule is O=C(NCCN1C(=O)CCC1=O)C1CC1c1cccc(Cl)c1. The molecule has 6 heteroatoms. The number of nitrogens with zero attached hydrogens (tertiary/aromatic N) is 1. The van der Waals surface area contributed by atoms with Crippen LogP contribution in [0.1, 0.15) is 30.7 Å². The third-order valence-corrected chi connectivity index (χ3v) is 4.43. The highest BCUT2D eigenvalue weighted by Crippen LogP contribution is 2.47. The Hall–Kier alpha value is -1.88. The van der Waals surface area contributed by atoms with Crippen LogP contribution in [0.5, 0.6) is 0 Å². The fourth-order valence-corrected chi connectivity index (χ4v) is 3.08. The number of halogens is 1. The van der Waals surface area contributed by atoms with Crippen molar-refractivity contribution in [3.63, 3.8) is 0 Å². The highest BCUT2D eigenvalue weighted by molar-refractivity contribution is 6.30. The zero-order valence-electron chi connectivity index (χ0n) is 12.0. The van der Waals surface area contributed by atoms with Crippen LogP contribution in [0.2, 0.25) is 5.02 Å². The molecule has 0 spiro atoms. The van der Waals surface area contributed by atoms with Gasteiger partial charge in [-0.05, 0) is 30.0 Å². The van der Waals surface area contributed by atoms with Crippen LogP contribution in [-0.4, -0.2) is 35.7 Å². The van der Waals surface area contributed by atoms with Gasteiger partial charge in [0, 0.05) is 36.9 Å². The van der Waals surface area contributed by atoms with Crippen LogP contribution in [0.3, 0.4) is 0 Å². The molecule has 116 valence electrons. The zero-order valence-corrected chi connectivity index (χ0v) is 12.8. The lowest BCUT2D eigenvalue weighted by Gasteiger charge is -2.14. The number of nitrogens with one attached hydrogen (secondary N) is 1. The molecule has 1 aromatic rings. The molecule has 2 atom stereocenters. The van der Waals surface area contributed by atoms with Gasteiger partial charge in [-0.15, -0.1) is 0 Å². The van der Waals surface area contributed by atoms with E-state index in [0.29, 0.717) is 11.6 Å². The number of carbonyl (C=O) groups excluding carboxylic acids is 3. The summed E-state index contributed by atoms with van der Waals surface area (Å²) in [4.78, 5) is 36.2. The molecule has 2 unspecified atom stereocenters. The first-order valence-electron chi connectivity index (χ1n) is 7.42. The van der Waals surface area contributed by atoms with Crippen LogP contribution in [0.15, 0.2) is 24.3 Å². The summed E-state index contributed by atoms with van der Waals surface area (Å²) >= 11 is 5.96. The van der Waals surface area contributed by atoms with Crippen LogP contribution in [0, 0.1) is 5.92 Å². The number of carbonyl (C=O) groups is 3. The third-order valence-electron chi connectivity index (χ3n) is 4.19. The van der Waals surface area contributed by atoms with Crippen LogP contribution >= 0.6 is 11.6 Å². The number of amides is 3. The Morgan fingerprint density at radius 2 is 2.00 bits per heavy atom. The van der Waals surface area contributed by atoms with E-state index in [0.717, 1.165) is 12.0 Å². The molecule has 3 rings (SSSR count). The van der Waals surface area contributed by atoms with Crippen LogP contribution in [0.25, 0.3) is 0 Å². The summed E-state index contributed by atoms with van der Waals surface area (Å²) in [6, 6.07) is 7.56. The maximum Gasteiger partial charge on any atom is 0.229 e. The lowest BCUT2D eigenvalue weighted by molar-refractivity contribution is -0.138. The normalized spacial score (nSPS) is 23.8. The van der Waals surface area contributed by atoms with Gasteiger partial charge in [-0.25, -0.2) is 0 Å². The summed E-state index contributed by atoms with van der Waals surface area (Å²) in [5, 5.41) is 3.48. The summed E-state index contributed by atoms with van der Waals surface area (Å²) in [6.07, 6.45) is 1.38. The number of imide groups is 1. The quantitative estimate of drug-likeness (QED) is 0.840. The van der Waals surface area contributed by atoms with Gasteiger partial charge in [0.2, 0.25) is 17.7 Å². The van der Waals surface area contributed by atoms with Crippen molar-refractivity contribution in [1.29, 1.82) is 0 Å². The highest BCUT2D eigenvalue weighted by atomic mass is 35.5. The molecular formula is C16H17ClN2O3. The molecular weight excluding hydrogens is 304 g/mol. The van der Waals surface area contributed by atoms with E-state index in [-0.39, 0.29) is 48.9 Å². The van der Waals surface area contributed by atoms with Gasteiger partial charge >= 0.3 is 0 Å². The van der Waals surface area contributed by atoms with E-state index in [1.807, 2.05) is 24.3 Å². The summed E-state index contributed by atoms with van der Waals surface area (Å²) in [7, 11) is 0. The van der Waals surface area contributed by atoms with Crippen molar-refractivity contribution in [3.05, 3.63) is 34.9 Å². The third kappa shape index (κ3) is 3.14. The topological polar surface area (TPSA) is 66.5 Å². The monoisotopic (exact) mass is 320 g/mol.